The number of aliphatic hydroxyl groups is 5. The molecule has 63 heavy (non-hydrogen) atoms. The van der Waals surface area contributed by atoms with Crippen molar-refractivity contribution in [2.24, 2.45) is 0 Å². The van der Waals surface area contributed by atoms with E-state index >= 15 is 0 Å². The van der Waals surface area contributed by atoms with E-state index in [1.807, 2.05) is 0 Å². The van der Waals surface area contributed by atoms with Crippen LogP contribution in [0.3, 0.4) is 0 Å². The summed E-state index contributed by atoms with van der Waals surface area (Å²) in [5.74, 6) is -0.142. The van der Waals surface area contributed by atoms with Crippen LogP contribution in [0.15, 0.2) is 12.2 Å². The number of nitrogens with one attached hydrogen (secondary N) is 1. The van der Waals surface area contributed by atoms with Gasteiger partial charge >= 0.3 is 0 Å². The molecule has 1 aliphatic heterocycles. The Labute approximate surface area is 388 Å². The second-order valence-corrected chi connectivity index (χ2v) is 19.4. The number of carbonyl (C=O) groups is 1. The zero-order chi connectivity index (χ0) is 45.9. The Balaban J connectivity index is 2.12. The highest BCUT2D eigenvalue weighted by molar-refractivity contribution is 5.76. The number of carbonyl (C=O) groups excluding carboxylic acids is 1. The van der Waals surface area contributed by atoms with Crippen molar-refractivity contribution < 1.29 is 39.8 Å². The van der Waals surface area contributed by atoms with Crippen molar-refractivity contribution >= 4 is 5.91 Å². The van der Waals surface area contributed by atoms with Crippen LogP contribution in [0.2, 0.25) is 0 Å². The molecule has 0 aromatic heterocycles. The molecule has 374 valence electrons. The maximum Gasteiger partial charge on any atom is 0.220 e. The molecule has 1 aliphatic rings. The fraction of sp³-hybridized carbons (Fsp3) is 0.944. The van der Waals surface area contributed by atoms with Gasteiger partial charge in [0, 0.05) is 6.42 Å². The lowest BCUT2D eigenvalue weighted by atomic mass is 9.99. The second-order valence-electron chi connectivity index (χ2n) is 19.4. The molecule has 0 spiro atoms. The van der Waals surface area contributed by atoms with Crippen molar-refractivity contribution in [3.8, 4) is 0 Å². The van der Waals surface area contributed by atoms with Crippen LogP contribution >= 0.6 is 0 Å². The quantitative estimate of drug-likeness (QED) is 0.0261. The van der Waals surface area contributed by atoms with E-state index in [9.17, 15) is 30.3 Å². The maximum absolute atomic E-state index is 13.0. The molecule has 1 amide bonds. The fourth-order valence-corrected chi connectivity index (χ4v) is 8.98. The Hall–Kier alpha value is -1.07. The number of unbranched alkanes of at least 4 members (excludes halogenated alkanes) is 35. The van der Waals surface area contributed by atoms with E-state index in [1.54, 1.807) is 0 Å². The number of aliphatic hydroxyl groups excluding tert-OH is 5. The van der Waals surface area contributed by atoms with Gasteiger partial charge in [0.05, 0.1) is 25.4 Å². The molecule has 7 unspecified atom stereocenters. The van der Waals surface area contributed by atoms with Crippen LogP contribution in [0.4, 0.5) is 0 Å². The first kappa shape index (κ1) is 59.9. The van der Waals surface area contributed by atoms with Crippen LogP contribution in [0.25, 0.3) is 0 Å². The van der Waals surface area contributed by atoms with Crippen LogP contribution in [-0.4, -0.2) is 87.5 Å². The fourth-order valence-electron chi connectivity index (χ4n) is 8.98. The summed E-state index contributed by atoms with van der Waals surface area (Å²) in [6.45, 7) is 3.85. The zero-order valence-electron chi connectivity index (χ0n) is 41.4. The minimum Gasteiger partial charge on any atom is -0.394 e. The molecule has 1 saturated heterocycles. The van der Waals surface area contributed by atoms with Crippen molar-refractivity contribution in [2.75, 3.05) is 13.2 Å². The van der Waals surface area contributed by atoms with Gasteiger partial charge in [0.25, 0.3) is 0 Å². The van der Waals surface area contributed by atoms with Crippen molar-refractivity contribution in [3.05, 3.63) is 12.2 Å². The van der Waals surface area contributed by atoms with Crippen LogP contribution < -0.4 is 5.32 Å². The van der Waals surface area contributed by atoms with E-state index in [0.29, 0.717) is 12.8 Å². The third-order valence-corrected chi connectivity index (χ3v) is 13.4. The number of hydrogen-bond donors (Lipinski definition) is 6. The van der Waals surface area contributed by atoms with Crippen molar-refractivity contribution in [1.82, 2.24) is 5.32 Å². The molecule has 7 atom stereocenters. The van der Waals surface area contributed by atoms with Crippen LogP contribution in [0.1, 0.15) is 271 Å². The van der Waals surface area contributed by atoms with Gasteiger partial charge in [0.15, 0.2) is 6.29 Å². The smallest absolute Gasteiger partial charge is 0.220 e. The van der Waals surface area contributed by atoms with Crippen molar-refractivity contribution in [3.63, 3.8) is 0 Å². The summed E-state index contributed by atoms with van der Waals surface area (Å²) in [6, 6.07) is -0.714. The molecular weight excluding hydrogens is 791 g/mol. The average Bonchev–Trinajstić information content (AvgIpc) is 3.28. The van der Waals surface area contributed by atoms with E-state index in [4.69, 9.17) is 9.47 Å². The Kier molecular flexibility index (Phi) is 42.6. The lowest BCUT2D eigenvalue weighted by Gasteiger charge is -2.40. The van der Waals surface area contributed by atoms with Gasteiger partial charge in [0.2, 0.25) is 5.91 Å². The van der Waals surface area contributed by atoms with Gasteiger partial charge in [-0.3, -0.25) is 4.79 Å². The van der Waals surface area contributed by atoms with Crippen LogP contribution in [-0.2, 0) is 14.3 Å². The highest BCUT2D eigenvalue weighted by Gasteiger charge is 2.44. The van der Waals surface area contributed by atoms with E-state index in [0.717, 1.165) is 38.5 Å². The molecule has 0 radical (unpaired) electrons. The molecule has 6 N–H and O–H groups in total. The molecule has 1 heterocycles. The number of ether oxygens (including phenoxy) is 2. The SMILES string of the molecule is CCCCCCCCCCCCCC/C=C\CCCCCCCCCCCCCCCC(=O)NC(COC1OC(CO)C(O)C(O)C1O)C(O)CCCCCCCCCCCCC. The van der Waals surface area contributed by atoms with Crippen LogP contribution in [0, 0.1) is 0 Å². The second kappa shape index (κ2) is 44.7. The molecule has 1 fully saturated rings. The molecular formula is C54H105NO8. The first-order valence-electron chi connectivity index (χ1n) is 27.4. The molecule has 0 saturated carbocycles. The summed E-state index contributed by atoms with van der Waals surface area (Å²) in [4.78, 5) is 13.0. The van der Waals surface area contributed by atoms with Gasteiger partial charge in [-0.15, -0.1) is 0 Å². The van der Waals surface area contributed by atoms with E-state index in [2.05, 4.69) is 31.3 Å². The zero-order valence-corrected chi connectivity index (χ0v) is 41.4. The minimum atomic E-state index is -1.55. The molecule has 0 aromatic rings. The summed E-state index contributed by atoms with van der Waals surface area (Å²) in [7, 11) is 0. The first-order valence-corrected chi connectivity index (χ1v) is 27.4. The number of hydrogen-bond acceptors (Lipinski definition) is 8. The topological polar surface area (TPSA) is 149 Å². The predicted octanol–water partition coefficient (Wildman–Crippen LogP) is 12.8. The Bertz CT molecular complexity index is 997. The first-order chi connectivity index (χ1) is 30.8. The minimum absolute atomic E-state index is 0.134. The number of allylic oxidation sites excluding steroid dienone is 2. The summed E-state index contributed by atoms with van der Waals surface area (Å²) >= 11 is 0. The molecule has 0 aliphatic carbocycles. The van der Waals surface area contributed by atoms with E-state index < -0.39 is 49.5 Å². The van der Waals surface area contributed by atoms with Gasteiger partial charge in [-0.2, -0.15) is 0 Å². The largest absolute Gasteiger partial charge is 0.394 e. The number of amides is 1. The average molecular weight is 896 g/mol. The third kappa shape index (κ3) is 34.8. The van der Waals surface area contributed by atoms with E-state index in [1.165, 1.54) is 205 Å². The van der Waals surface area contributed by atoms with Gasteiger partial charge < -0.3 is 40.3 Å². The predicted molar refractivity (Wildman–Crippen MR) is 263 cm³/mol. The van der Waals surface area contributed by atoms with Crippen molar-refractivity contribution in [2.45, 2.75) is 314 Å². The Morgan fingerprint density at radius 3 is 1.29 bits per heavy atom. The Morgan fingerprint density at radius 2 is 0.889 bits per heavy atom. The summed E-state index contributed by atoms with van der Waals surface area (Å²) in [5.41, 5.74) is 0. The highest BCUT2D eigenvalue weighted by atomic mass is 16.7. The third-order valence-electron chi connectivity index (χ3n) is 13.4. The molecule has 9 heteroatoms. The molecule has 1 rings (SSSR count). The highest BCUT2D eigenvalue weighted by Crippen LogP contribution is 2.23. The standard InChI is InChI=1S/C54H105NO8/c1-3-5-7-9-11-13-15-16-17-18-19-20-21-22-23-24-25-26-27-28-29-30-31-32-34-36-38-40-42-44-50(58)55-47(46-62-54-53(61)52(60)51(59)49(45-56)63-54)48(57)43-41-39-37-35-33-14-12-10-8-6-4-2/h22-23,47-49,51-54,56-57,59-61H,3-21,24-46H2,1-2H3,(H,55,58)/b23-22-. The normalized spacial score (nSPS) is 20.1. The lowest BCUT2D eigenvalue weighted by Crippen LogP contribution is -2.60. The Morgan fingerprint density at radius 1 is 0.524 bits per heavy atom. The lowest BCUT2D eigenvalue weighted by molar-refractivity contribution is -0.302. The monoisotopic (exact) mass is 896 g/mol. The number of rotatable bonds is 47. The van der Waals surface area contributed by atoms with Crippen molar-refractivity contribution in [1.29, 1.82) is 0 Å². The summed E-state index contributed by atoms with van der Waals surface area (Å²) < 4.78 is 11.3. The molecule has 9 nitrogen and oxygen atoms in total. The maximum atomic E-state index is 13.0. The molecule has 0 aromatic carbocycles. The van der Waals surface area contributed by atoms with E-state index in [-0.39, 0.29) is 12.5 Å². The van der Waals surface area contributed by atoms with Gasteiger partial charge in [-0.05, 0) is 38.5 Å². The van der Waals surface area contributed by atoms with Gasteiger partial charge in [-0.25, -0.2) is 0 Å². The van der Waals surface area contributed by atoms with Gasteiger partial charge in [-0.1, -0.05) is 238 Å². The van der Waals surface area contributed by atoms with Gasteiger partial charge in [0.1, 0.15) is 24.4 Å². The van der Waals surface area contributed by atoms with Crippen LogP contribution in [0.5, 0.6) is 0 Å². The summed E-state index contributed by atoms with van der Waals surface area (Å²) in [6.07, 6.45) is 46.8. The molecule has 0 bridgehead atoms. The summed E-state index contributed by atoms with van der Waals surface area (Å²) in [5, 5.41) is 54.4.